The van der Waals surface area contributed by atoms with Crippen LogP contribution in [0.1, 0.15) is 29.1 Å². The summed E-state index contributed by atoms with van der Waals surface area (Å²) in [7, 11) is 1.62. The average Bonchev–Trinajstić information content (AvgIpc) is 3.23. The van der Waals surface area contributed by atoms with E-state index in [1.165, 1.54) is 24.3 Å². The highest BCUT2D eigenvalue weighted by Gasteiger charge is 2.25. The summed E-state index contributed by atoms with van der Waals surface area (Å²) in [5.41, 5.74) is 1.36. The molecule has 0 aliphatic carbocycles. The molecule has 2 heterocycles. The van der Waals surface area contributed by atoms with E-state index in [1.54, 1.807) is 7.11 Å². The second-order valence-electron chi connectivity index (χ2n) is 7.19. The molecule has 3 aromatic rings. The van der Waals surface area contributed by atoms with Gasteiger partial charge < -0.3 is 14.2 Å². The Morgan fingerprint density at radius 1 is 1.21 bits per heavy atom. The van der Waals surface area contributed by atoms with Crippen molar-refractivity contribution in [1.29, 1.82) is 0 Å². The molecule has 4 rings (SSSR count). The van der Waals surface area contributed by atoms with Gasteiger partial charge in [-0.15, -0.1) is 0 Å². The van der Waals surface area contributed by atoms with E-state index in [0.29, 0.717) is 42.7 Å². The number of aromatic nitrogens is 2. The standard InChI is InChI=1S/C22H22FN3O3/c1-28-19-4-2-3-17(14-19)21-24-20(29-25-21)13-15-9-11-26(12-10-15)22(27)16-5-7-18(23)8-6-16/h2-8,14-15H,9-13H2,1H3. The first-order valence-corrected chi connectivity index (χ1v) is 9.64. The number of benzene rings is 2. The number of carbonyl (C=O) groups excluding carboxylic acids is 1. The molecule has 2 aromatic carbocycles. The number of hydrogen-bond donors (Lipinski definition) is 0. The average molecular weight is 395 g/mol. The number of ether oxygens (including phenoxy) is 1. The molecular formula is C22H22FN3O3. The quantitative estimate of drug-likeness (QED) is 0.654. The molecule has 1 saturated heterocycles. The lowest BCUT2D eigenvalue weighted by Crippen LogP contribution is -2.38. The fourth-order valence-corrected chi connectivity index (χ4v) is 3.58. The monoisotopic (exact) mass is 395 g/mol. The van der Waals surface area contributed by atoms with Crippen molar-refractivity contribution in [3.63, 3.8) is 0 Å². The van der Waals surface area contributed by atoms with Crippen LogP contribution in [-0.4, -0.2) is 41.1 Å². The largest absolute Gasteiger partial charge is 0.497 e. The predicted molar refractivity (Wildman–Crippen MR) is 105 cm³/mol. The molecule has 1 fully saturated rings. The van der Waals surface area contributed by atoms with Crippen LogP contribution < -0.4 is 4.74 Å². The maximum atomic E-state index is 13.0. The van der Waals surface area contributed by atoms with E-state index >= 15 is 0 Å². The summed E-state index contributed by atoms with van der Waals surface area (Å²) in [6.45, 7) is 1.33. The minimum Gasteiger partial charge on any atom is -0.497 e. The number of hydrogen-bond acceptors (Lipinski definition) is 5. The van der Waals surface area contributed by atoms with Crippen LogP contribution in [0.15, 0.2) is 53.1 Å². The number of likely N-dealkylation sites (tertiary alicyclic amines) is 1. The van der Waals surface area contributed by atoms with Gasteiger partial charge in [0.15, 0.2) is 0 Å². The van der Waals surface area contributed by atoms with Crippen LogP contribution in [-0.2, 0) is 6.42 Å². The van der Waals surface area contributed by atoms with Gasteiger partial charge in [-0.2, -0.15) is 4.98 Å². The van der Waals surface area contributed by atoms with E-state index in [9.17, 15) is 9.18 Å². The Hall–Kier alpha value is -3.22. The smallest absolute Gasteiger partial charge is 0.253 e. The fourth-order valence-electron chi connectivity index (χ4n) is 3.58. The van der Waals surface area contributed by atoms with Crippen LogP contribution in [0.4, 0.5) is 4.39 Å². The summed E-state index contributed by atoms with van der Waals surface area (Å²) in [5.74, 6) is 1.88. The summed E-state index contributed by atoms with van der Waals surface area (Å²) in [6, 6.07) is 13.2. The molecule has 0 bridgehead atoms. The lowest BCUT2D eigenvalue weighted by Gasteiger charge is -2.31. The van der Waals surface area contributed by atoms with Crippen LogP contribution in [0.25, 0.3) is 11.4 Å². The number of rotatable bonds is 5. The molecular weight excluding hydrogens is 373 g/mol. The van der Waals surface area contributed by atoms with Crippen molar-refractivity contribution < 1.29 is 18.4 Å². The lowest BCUT2D eigenvalue weighted by atomic mass is 9.93. The van der Waals surface area contributed by atoms with Gasteiger partial charge >= 0.3 is 0 Å². The topological polar surface area (TPSA) is 68.5 Å². The van der Waals surface area contributed by atoms with Crippen LogP contribution in [0, 0.1) is 11.7 Å². The molecule has 0 saturated carbocycles. The van der Waals surface area contributed by atoms with Crippen molar-refractivity contribution >= 4 is 5.91 Å². The first-order valence-electron chi connectivity index (χ1n) is 9.64. The Labute approximate surface area is 168 Å². The molecule has 0 atom stereocenters. The van der Waals surface area contributed by atoms with E-state index in [0.717, 1.165) is 24.2 Å². The van der Waals surface area contributed by atoms with Gasteiger partial charge in [0.25, 0.3) is 5.91 Å². The van der Waals surface area contributed by atoms with Gasteiger partial charge in [0.1, 0.15) is 11.6 Å². The van der Waals surface area contributed by atoms with Gasteiger partial charge in [-0.05, 0) is 55.2 Å². The predicted octanol–water partition coefficient (Wildman–Crippen LogP) is 3.98. The summed E-state index contributed by atoms with van der Waals surface area (Å²) in [4.78, 5) is 18.9. The third kappa shape index (κ3) is 4.45. The van der Waals surface area contributed by atoms with Crippen molar-refractivity contribution in [2.24, 2.45) is 5.92 Å². The Kier molecular flexibility index (Phi) is 5.55. The molecule has 7 heteroatoms. The van der Waals surface area contributed by atoms with E-state index in [4.69, 9.17) is 9.26 Å². The van der Waals surface area contributed by atoms with Crippen molar-refractivity contribution in [3.8, 4) is 17.1 Å². The minimum absolute atomic E-state index is 0.0541. The Bertz CT molecular complexity index is 979. The van der Waals surface area contributed by atoms with Gasteiger partial charge in [0.05, 0.1) is 7.11 Å². The molecule has 150 valence electrons. The number of carbonyl (C=O) groups is 1. The maximum Gasteiger partial charge on any atom is 0.253 e. The second-order valence-corrected chi connectivity index (χ2v) is 7.19. The highest BCUT2D eigenvalue weighted by atomic mass is 19.1. The number of amides is 1. The summed E-state index contributed by atoms with van der Waals surface area (Å²) < 4.78 is 23.7. The third-order valence-corrected chi connectivity index (χ3v) is 5.25. The van der Waals surface area contributed by atoms with Gasteiger partial charge in [0, 0.05) is 30.6 Å². The molecule has 1 aliphatic heterocycles. The maximum absolute atomic E-state index is 13.0. The summed E-state index contributed by atoms with van der Waals surface area (Å²) in [6.07, 6.45) is 2.42. The molecule has 0 spiro atoms. The molecule has 1 aliphatic rings. The zero-order valence-electron chi connectivity index (χ0n) is 16.2. The molecule has 1 aromatic heterocycles. The van der Waals surface area contributed by atoms with Crippen LogP contribution >= 0.6 is 0 Å². The first kappa shape index (κ1) is 19.1. The third-order valence-electron chi connectivity index (χ3n) is 5.25. The van der Waals surface area contributed by atoms with E-state index in [1.807, 2.05) is 29.2 Å². The number of piperidine rings is 1. The van der Waals surface area contributed by atoms with Crippen molar-refractivity contribution in [2.75, 3.05) is 20.2 Å². The summed E-state index contributed by atoms with van der Waals surface area (Å²) >= 11 is 0. The molecule has 0 radical (unpaired) electrons. The highest BCUT2D eigenvalue weighted by Crippen LogP contribution is 2.25. The number of methoxy groups -OCH3 is 1. The highest BCUT2D eigenvalue weighted by molar-refractivity contribution is 5.94. The Morgan fingerprint density at radius 2 is 1.97 bits per heavy atom. The van der Waals surface area contributed by atoms with Gasteiger partial charge in [0.2, 0.25) is 11.7 Å². The van der Waals surface area contributed by atoms with Crippen LogP contribution in [0.2, 0.25) is 0 Å². The first-order chi connectivity index (χ1) is 14.1. The molecule has 29 heavy (non-hydrogen) atoms. The van der Waals surface area contributed by atoms with E-state index in [2.05, 4.69) is 10.1 Å². The molecule has 1 amide bonds. The zero-order valence-corrected chi connectivity index (χ0v) is 16.2. The number of nitrogens with zero attached hydrogens (tertiary/aromatic N) is 3. The Balaban J connectivity index is 1.33. The lowest BCUT2D eigenvalue weighted by molar-refractivity contribution is 0.0687. The van der Waals surface area contributed by atoms with Crippen molar-refractivity contribution in [2.45, 2.75) is 19.3 Å². The van der Waals surface area contributed by atoms with Gasteiger partial charge in [-0.25, -0.2) is 4.39 Å². The van der Waals surface area contributed by atoms with Crippen LogP contribution in [0.5, 0.6) is 5.75 Å². The fraction of sp³-hybridized carbons (Fsp3) is 0.318. The van der Waals surface area contributed by atoms with Gasteiger partial charge in [-0.3, -0.25) is 4.79 Å². The molecule has 0 unspecified atom stereocenters. The number of halogens is 1. The normalized spacial score (nSPS) is 14.8. The van der Waals surface area contributed by atoms with E-state index in [-0.39, 0.29) is 11.7 Å². The minimum atomic E-state index is -0.340. The van der Waals surface area contributed by atoms with Crippen molar-refractivity contribution in [3.05, 3.63) is 65.8 Å². The summed E-state index contributed by atoms with van der Waals surface area (Å²) in [5, 5.41) is 4.08. The molecule has 0 N–H and O–H groups in total. The van der Waals surface area contributed by atoms with Crippen molar-refractivity contribution in [1.82, 2.24) is 15.0 Å². The Morgan fingerprint density at radius 3 is 2.69 bits per heavy atom. The van der Waals surface area contributed by atoms with Crippen LogP contribution in [0.3, 0.4) is 0 Å². The SMILES string of the molecule is COc1cccc(-c2noc(CC3CCN(C(=O)c4ccc(F)cc4)CC3)n2)c1. The zero-order chi connectivity index (χ0) is 20.2. The molecule has 6 nitrogen and oxygen atoms in total. The second kappa shape index (κ2) is 8.43. The van der Waals surface area contributed by atoms with E-state index < -0.39 is 0 Å². The van der Waals surface area contributed by atoms with Gasteiger partial charge in [-0.1, -0.05) is 17.3 Å².